The maximum Gasteiger partial charge on any atom is 0.231 e. The lowest BCUT2D eigenvalue weighted by atomic mass is 10.1. The molecule has 5 heteroatoms. The molecule has 5 nitrogen and oxygen atoms in total. The Morgan fingerprint density at radius 2 is 2.15 bits per heavy atom. The van der Waals surface area contributed by atoms with Gasteiger partial charge in [0.2, 0.25) is 12.7 Å². The number of rotatable bonds is 6. The van der Waals surface area contributed by atoms with Crippen LogP contribution in [0.1, 0.15) is 25.8 Å². The molecule has 1 heterocycles. The molecule has 1 aliphatic heterocycles. The summed E-state index contributed by atoms with van der Waals surface area (Å²) < 4.78 is 10.6. The second kappa shape index (κ2) is 6.61. The van der Waals surface area contributed by atoms with E-state index in [2.05, 4.69) is 0 Å². The Morgan fingerprint density at radius 3 is 2.85 bits per heavy atom. The number of fused-ring (bicyclic) bond motifs is 1. The van der Waals surface area contributed by atoms with Crippen molar-refractivity contribution < 1.29 is 19.4 Å². The number of benzene rings is 1. The highest BCUT2D eigenvalue weighted by Gasteiger charge is 2.20. The fraction of sp³-hybridized carbons (Fsp3) is 0.533. The predicted molar refractivity (Wildman–Crippen MR) is 74.8 cm³/mol. The SMILES string of the molecule is CCN(C(=O)Cc1ccc2c(c1)OCO2)[C@H](C)CCO. The molecular formula is C15H21NO4. The van der Waals surface area contributed by atoms with Crippen LogP contribution in [0.4, 0.5) is 0 Å². The third kappa shape index (κ3) is 3.22. The first-order valence-corrected chi connectivity index (χ1v) is 6.94. The number of hydrogen-bond donors (Lipinski definition) is 1. The van der Waals surface area contributed by atoms with Crippen LogP contribution in [-0.2, 0) is 11.2 Å². The average Bonchev–Trinajstić information content (AvgIpc) is 2.87. The smallest absolute Gasteiger partial charge is 0.231 e. The third-order valence-corrected chi connectivity index (χ3v) is 3.53. The van der Waals surface area contributed by atoms with E-state index in [0.717, 1.165) is 11.3 Å². The predicted octanol–water partition coefficient (Wildman–Crippen LogP) is 1.58. The molecule has 0 unspecified atom stereocenters. The molecule has 0 aliphatic carbocycles. The Balaban J connectivity index is 2.02. The van der Waals surface area contributed by atoms with Crippen molar-refractivity contribution in [2.75, 3.05) is 19.9 Å². The van der Waals surface area contributed by atoms with Gasteiger partial charge in [0.05, 0.1) is 6.42 Å². The van der Waals surface area contributed by atoms with Crippen LogP contribution in [0.5, 0.6) is 11.5 Å². The molecular weight excluding hydrogens is 258 g/mol. The van der Waals surface area contributed by atoms with Crippen molar-refractivity contribution >= 4 is 5.91 Å². The molecule has 2 rings (SSSR count). The van der Waals surface area contributed by atoms with Gasteiger partial charge < -0.3 is 19.5 Å². The van der Waals surface area contributed by atoms with Gasteiger partial charge in [-0.1, -0.05) is 6.07 Å². The number of aliphatic hydroxyl groups excluding tert-OH is 1. The molecule has 0 bridgehead atoms. The lowest BCUT2D eigenvalue weighted by molar-refractivity contribution is -0.132. The van der Waals surface area contributed by atoms with Crippen LogP contribution in [0.25, 0.3) is 0 Å². The van der Waals surface area contributed by atoms with Gasteiger partial charge in [-0.2, -0.15) is 0 Å². The molecule has 0 saturated carbocycles. The monoisotopic (exact) mass is 279 g/mol. The van der Waals surface area contributed by atoms with Crippen LogP contribution in [-0.4, -0.2) is 41.9 Å². The van der Waals surface area contributed by atoms with Gasteiger partial charge in [-0.25, -0.2) is 0 Å². The van der Waals surface area contributed by atoms with Crippen molar-refractivity contribution in [2.45, 2.75) is 32.7 Å². The summed E-state index contributed by atoms with van der Waals surface area (Å²) in [5, 5.41) is 8.99. The minimum Gasteiger partial charge on any atom is -0.454 e. The van der Waals surface area contributed by atoms with Crippen LogP contribution < -0.4 is 9.47 Å². The van der Waals surface area contributed by atoms with Crippen LogP contribution in [0.3, 0.4) is 0 Å². The van der Waals surface area contributed by atoms with E-state index >= 15 is 0 Å². The number of aliphatic hydroxyl groups is 1. The Bertz CT molecular complexity index is 475. The zero-order valence-corrected chi connectivity index (χ0v) is 12.0. The fourth-order valence-electron chi connectivity index (χ4n) is 2.40. The van der Waals surface area contributed by atoms with E-state index in [1.54, 1.807) is 4.90 Å². The molecule has 1 atom stereocenters. The number of ether oxygens (including phenoxy) is 2. The van der Waals surface area contributed by atoms with Crippen molar-refractivity contribution in [3.8, 4) is 11.5 Å². The minimum absolute atomic E-state index is 0.0477. The second-order valence-corrected chi connectivity index (χ2v) is 4.91. The quantitative estimate of drug-likeness (QED) is 0.859. The average molecular weight is 279 g/mol. The van der Waals surface area contributed by atoms with Crippen molar-refractivity contribution in [1.29, 1.82) is 0 Å². The summed E-state index contributed by atoms with van der Waals surface area (Å²) in [6, 6.07) is 5.62. The van der Waals surface area contributed by atoms with Crippen LogP contribution in [0.15, 0.2) is 18.2 Å². The van der Waals surface area contributed by atoms with Crippen molar-refractivity contribution in [2.24, 2.45) is 0 Å². The van der Waals surface area contributed by atoms with E-state index < -0.39 is 0 Å². The third-order valence-electron chi connectivity index (χ3n) is 3.53. The Labute approximate surface area is 119 Å². The first-order chi connectivity index (χ1) is 9.65. The Hall–Kier alpha value is -1.75. The molecule has 1 aliphatic rings. The standard InChI is InChI=1S/C15H21NO4/c1-3-16(11(2)6-7-17)15(18)9-12-4-5-13-14(8-12)20-10-19-13/h4-5,8,11,17H,3,6-7,9-10H2,1-2H3/t11-/m1/s1. The molecule has 1 aromatic carbocycles. The van der Waals surface area contributed by atoms with E-state index in [1.165, 1.54) is 0 Å². The van der Waals surface area contributed by atoms with Crippen LogP contribution in [0.2, 0.25) is 0 Å². The van der Waals surface area contributed by atoms with Gasteiger partial charge in [0, 0.05) is 19.2 Å². The molecule has 0 radical (unpaired) electrons. The van der Waals surface area contributed by atoms with E-state index in [9.17, 15) is 4.79 Å². The van der Waals surface area contributed by atoms with Crippen LogP contribution in [0, 0.1) is 0 Å². The second-order valence-electron chi connectivity index (χ2n) is 4.91. The van der Waals surface area contributed by atoms with Gasteiger partial charge in [-0.05, 0) is 38.0 Å². The number of likely N-dealkylation sites (N-methyl/N-ethyl adjacent to an activating group) is 1. The summed E-state index contributed by atoms with van der Waals surface area (Å²) in [5.41, 5.74) is 0.911. The van der Waals surface area contributed by atoms with Crippen molar-refractivity contribution in [1.82, 2.24) is 4.90 Å². The molecule has 1 aromatic rings. The van der Waals surface area contributed by atoms with Gasteiger partial charge >= 0.3 is 0 Å². The molecule has 110 valence electrons. The lowest BCUT2D eigenvalue weighted by Gasteiger charge is -2.27. The normalized spacial score (nSPS) is 14.2. The largest absolute Gasteiger partial charge is 0.454 e. The zero-order chi connectivity index (χ0) is 14.5. The Kier molecular flexibility index (Phi) is 4.84. The highest BCUT2D eigenvalue weighted by molar-refractivity contribution is 5.79. The van der Waals surface area contributed by atoms with Crippen LogP contribution >= 0.6 is 0 Å². The highest BCUT2D eigenvalue weighted by Crippen LogP contribution is 2.32. The molecule has 0 aromatic heterocycles. The van der Waals surface area contributed by atoms with Crippen molar-refractivity contribution in [3.05, 3.63) is 23.8 Å². The zero-order valence-electron chi connectivity index (χ0n) is 12.0. The maximum absolute atomic E-state index is 12.3. The number of hydrogen-bond acceptors (Lipinski definition) is 4. The summed E-state index contributed by atoms with van der Waals surface area (Å²) in [7, 11) is 0. The number of amides is 1. The molecule has 0 saturated heterocycles. The van der Waals surface area contributed by atoms with Gasteiger partial charge in [0.1, 0.15) is 0 Å². The summed E-state index contributed by atoms with van der Waals surface area (Å²) in [4.78, 5) is 14.1. The lowest BCUT2D eigenvalue weighted by Crippen LogP contribution is -2.39. The molecule has 1 N–H and O–H groups in total. The topological polar surface area (TPSA) is 59.0 Å². The highest BCUT2D eigenvalue weighted by atomic mass is 16.7. The maximum atomic E-state index is 12.3. The summed E-state index contributed by atoms with van der Waals surface area (Å²) in [6.07, 6.45) is 0.932. The fourth-order valence-corrected chi connectivity index (χ4v) is 2.40. The Morgan fingerprint density at radius 1 is 1.40 bits per heavy atom. The van der Waals surface area contributed by atoms with E-state index in [-0.39, 0.29) is 25.3 Å². The van der Waals surface area contributed by atoms with Gasteiger partial charge in [-0.15, -0.1) is 0 Å². The molecule has 20 heavy (non-hydrogen) atoms. The van der Waals surface area contributed by atoms with E-state index in [0.29, 0.717) is 25.1 Å². The van der Waals surface area contributed by atoms with Gasteiger partial charge in [-0.3, -0.25) is 4.79 Å². The first kappa shape index (κ1) is 14.7. The molecule has 0 spiro atoms. The number of carbonyl (C=O) groups is 1. The molecule has 1 amide bonds. The first-order valence-electron chi connectivity index (χ1n) is 6.94. The van der Waals surface area contributed by atoms with E-state index in [1.807, 2.05) is 32.0 Å². The number of nitrogens with zero attached hydrogens (tertiary/aromatic N) is 1. The minimum atomic E-state index is 0.0477. The van der Waals surface area contributed by atoms with Crippen molar-refractivity contribution in [3.63, 3.8) is 0 Å². The summed E-state index contributed by atoms with van der Waals surface area (Å²) >= 11 is 0. The number of carbonyl (C=O) groups excluding carboxylic acids is 1. The summed E-state index contributed by atoms with van der Waals surface area (Å²) in [5.74, 6) is 1.48. The van der Waals surface area contributed by atoms with Gasteiger partial charge in [0.15, 0.2) is 11.5 Å². The summed E-state index contributed by atoms with van der Waals surface area (Å²) in [6.45, 7) is 4.88. The molecule has 0 fully saturated rings. The van der Waals surface area contributed by atoms with E-state index in [4.69, 9.17) is 14.6 Å². The van der Waals surface area contributed by atoms with Gasteiger partial charge in [0.25, 0.3) is 0 Å².